The fourth-order valence-corrected chi connectivity index (χ4v) is 3.57. The fourth-order valence-electron chi connectivity index (χ4n) is 3.02. The molecule has 0 bridgehead atoms. The molecule has 1 unspecified atom stereocenters. The molecular weight excluding hydrogens is 333 g/mol. The number of rotatable bonds is 3. The zero-order chi connectivity index (χ0) is 15.6. The Balaban J connectivity index is 2.22. The zero-order valence-corrected chi connectivity index (χ0v) is 14.2. The van der Waals surface area contributed by atoms with Gasteiger partial charge in [0.1, 0.15) is 5.84 Å². The molecule has 116 valence electrons. The Labute approximate surface area is 134 Å². The first-order valence-electron chi connectivity index (χ1n) is 7.49. The van der Waals surface area contributed by atoms with Gasteiger partial charge >= 0.3 is 0 Å². The summed E-state index contributed by atoms with van der Waals surface area (Å²) in [6, 6.07) is 3.46. The van der Waals surface area contributed by atoms with Gasteiger partial charge in [-0.25, -0.2) is 4.39 Å². The second-order valence-electron chi connectivity index (χ2n) is 6.10. The summed E-state index contributed by atoms with van der Waals surface area (Å²) in [5.41, 5.74) is 6.48. The first-order chi connectivity index (χ1) is 9.91. The Bertz CT molecular complexity index is 530. The molecule has 1 atom stereocenters. The van der Waals surface area contributed by atoms with Crippen molar-refractivity contribution in [2.24, 2.45) is 17.6 Å². The lowest BCUT2D eigenvalue weighted by molar-refractivity contribution is 0.351. The van der Waals surface area contributed by atoms with Gasteiger partial charge in [0.05, 0.1) is 10.2 Å². The molecule has 1 aliphatic rings. The minimum absolute atomic E-state index is 0.122. The third-order valence-corrected chi connectivity index (χ3v) is 5.18. The number of hydrogen-bond donors (Lipinski definition) is 2. The van der Waals surface area contributed by atoms with Crippen LogP contribution in [-0.4, -0.2) is 18.9 Å². The van der Waals surface area contributed by atoms with E-state index >= 15 is 0 Å². The largest absolute Gasteiger partial charge is 0.384 e. The van der Waals surface area contributed by atoms with Gasteiger partial charge in [0.15, 0.2) is 5.82 Å². The van der Waals surface area contributed by atoms with E-state index in [0.29, 0.717) is 17.2 Å². The topological polar surface area (TPSA) is 53.1 Å². The van der Waals surface area contributed by atoms with Crippen molar-refractivity contribution in [3.8, 4) is 0 Å². The Kier molecular flexibility index (Phi) is 5.25. The molecule has 0 spiro atoms. The van der Waals surface area contributed by atoms with E-state index in [4.69, 9.17) is 11.1 Å². The van der Waals surface area contributed by atoms with Gasteiger partial charge < -0.3 is 10.6 Å². The standard InChI is InChI=1S/C16H23BrFN3/c1-10(2)11-4-3-8-21(9-7-11)13-6-5-12(16(19)20)14(17)15(13)18/h5-6,10-11H,3-4,7-9H2,1-2H3,(H3,19,20). The lowest BCUT2D eigenvalue weighted by Crippen LogP contribution is -2.26. The number of hydrogen-bond acceptors (Lipinski definition) is 2. The highest BCUT2D eigenvalue weighted by atomic mass is 79.9. The van der Waals surface area contributed by atoms with Crippen molar-refractivity contribution in [2.75, 3.05) is 18.0 Å². The maximum Gasteiger partial charge on any atom is 0.161 e. The summed E-state index contributed by atoms with van der Waals surface area (Å²) in [5, 5.41) is 7.46. The molecule has 21 heavy (non-hydrogen) atoms. The minimum Gasteiger partial charge on any atom is -0.384 e. The number of halogens is 2. The van der Waals surface area contributed by atoms with Gasteiger partial charge in [-0.3, -0.25) is 5.41 Å². The van der Waals surface area contributed by atoms with Crippen LogP contribution in [0.2, 0.25) is 0 Å². The Morgan fingerprint density at radius 2 is 2.10 bits per heavy atom. The maximum atomic E-state index is 14.6. The van der Waals surface area contributed by atoms with Gasteiger partial charge in [-0.2, -0.15) is 0 Å². The summed E-state index contributed by atoms with van der Waals surface area (Å²) in [5.74, 6) is 0.966. The maximum absolute atomic E-state index is 14.6. The molecule has 5 heteroatoms. The third-order valence-electron chi connectivity index (χ3n) is 4.41. The van der Waals surface area contributed by atoms with Gasteiger partial charge in [-0.15, -0.1) is 0 Å². The second-order valence-corrected chi connectivity index (χ2v) is 6.89. The lowest BCUT2D eigenvalue weighted by Gasteiger charge is -2.25. The summed E-state index contributed by atoms with van der Waals surface area (Å²) in [6.45, 7) is 6.29. The molecule has 1 aromatic rings. The summed E-state index contributed by atoms with van der Waals surface area (Å²) in [4.78, 5) is 2.12. The summed E-state index contributed by atoms with van der Waals surface area (Å²) in [6.07, 6.45) is 3.40. The molecule has 1 heterocycles. The van der Waals surface area contributed by atoms with Crippen LogP contribution in [0.15, 0.2) is 16.6 Å². The smallest absolute Gasteiger partial charge is 0.161 e. The second kappa shape index (κ2) is 6.77. The average Bonchev–Trinajstić information content (AvgIpc) is 2.67. The quantitative estimate of drug-likeness (QED) is 0.632. The van der Waals surface area contributed by atoms with Crippen LogP contribution in [0, 0.1) is 23.1 Å². The van der Waals surface area contributed by atoms with E-state index in [-0.39, 0.29) is 16.1 Å². The first kappa shape index (κ1) is 16.3. The van der Waals surface area contributed by atoms with Crippen molar-refractivity contribution in [3.63, 3.8) is 0 Å². The van der Waals surface area contributed by atoms with E-state index in [9.17, 15) is 4.39 Å². The van der Waals surface area contributed by atoms with Crippen LogP contribution in [-0.2, 0) is 0 Å². The Morgan fingerprint density at radius 3 is 2.71 bits per heavy atom. The molecule has 0 radical (unpaired) electrons. The van der Waals surface area contributed by atoms with Crippen LogP contribution in [0.4, 0.5) is 10.1 Å². The van der Waals surface area contributed by atoms with Gasteiger partial charge in [0.25, 0.3) is 0 Å². The number of anilines is 1. The van der Waals surface area contributed by atoms with E-state index in [1.165, 1.54) is 6.42 Å². The van der Waals surface area contributed by atoms with E-state index < -0.39 is 0 Å². The number of nitrogens with two attached hydrogens (primary N) is 1. The fraction of sp³-hybridized carbons (Fsp3) is 0.562. The van der Waals surface area contributed by atoms with Crippen molar-refractivity contribution >= 4 is 27.5 Å². The summed E-state index contributed by atoms with van der Waals surface area (Å²) in [7, 11) is 0. The number of nitrogen functional groups attached to an aromatic ring is 1. The average molecular weight is 356 g/mol. The predicted molar refractivity (Wildman–Crippen MR) is 89.5 cm³/mol. The molecule has 2 rings (SSSR count). The molecule has 3 nitrogen and oxygen atoms in total. The first-order valence-corrected chi connectivity index (χ1v) is 8.28. The highest BCUT2D eigenvalue weighted by Crippen LogP contribution is 2.32. The molecule has 0 amide bonds. The van der Waals surface area contributed by atoms with Gasteiger partial charge in [-0.05, 0) is 59.2 Å². The molecule has 0 saturated carbocycles. The number of nitrogens with one attached hydrogen (secondary N) is 1. The Morgan fingerprint density at radius 1 is 1.38 bits per heavy atom. The van der Waals surface area contributed by atoms with E-state index in [2.05, 4.69) is 34.7 Å². The van der Waals surface area contributed by atoms with Crippen LogP contribution in [0.3, 0.4) is 0 Å². The van der Waals surface area contributed by atoms with Crippen LogP contribution in [0.5, 0.6) is 0 Å². The number of benzene rings is 1. The van der Waals surface area contributed by atoms with E-state index in [0.717, 1.165) is 31.8 Å². The van der Waals surface area contributed by atoms with Crippen molar-refractivity contribution in [1.29, 1.82) is 5.41 Å². The number of amidine groups is 1. The molecule has 1 aliphatic heterocycles. The monoisotopic (exact) mass is 355 g/mol. The van der Waals surface area contributed by atoms with Crippen molar-refractivity contribution < 1.29 is 4.39 Å². The Hall–Kier alpha value is -1.10. The molecule has 1 fully saturated rings. The molecule has 1 saturated heterocycles. The van der Waals surface area contributed by atoms with Crippen LogP contribution < -0.4 is 10.6 Å². The van der Waals surface area contributed by atoms with E-state index in [1.54, 1.807) is 12.1 Å². The molecule has 1 aromatic carbocycles. The predicted octanol–water partition coefficient (Wildman–Crippen LogP) is 4.13. The molecular formula is C16H23BrFN3. The summed E-state index contributed by atoms with van der Waals surface area (Å²) < 4.78 is 14.8. The van der Waals surface area contributed by atoms with Crippen LogP contribution >= 0.6 is 15.9 Å². The van der Waals surface area contributed by atoms with Crippen molar-refractivity contribution in [3.05, 3.63) is 28.0 Å². The molecule has 3 N–H and O–H groups in total. The van der Waals surface area contributed by atoms with Gasteiger partial charge in [-0.1, -0.05) is 13.8 Å². The van der Waals surface area contributed by atoms with Gasteiger partial charge in [0.2, 0.25) is 0 Å². The SMILES string of the molecule is CC(C)C1CCCN(c2ccc(C(=N)N)c(Br)c2F)CC1. The van der Waals surface area contributed by atoms with E-state index in [1.807, 2.05) is 0 Å². The highest BCUT2D eigenvalue weighted by Gasteiger charge is 2.23. The van der Waals surface area contributed by atoms with Crippen LogP contribution in [0.25, 0.3) is 0 Å². The normalized spacial score (nSPS) is 19.7. The molecule has 0 aromatic heterocycles. The highest BCUT2D eigenvalue weighted by molar-refractivity contribution is 9.10. The minimum atomic E-state index is -0.314. The zero-order valence-electron chi connectivity index (χ0n) is 12.6. The van der Waals surface area contributed by atoms with Crippen LogP contribution in [0.1, 0.15) is 38.7 Å². The van der Waals surface area contributed by atoms with Crippen molar-refractivity contribution in [2.45, 2.75) is 33.1 Å². The van der Waals surface area contributed by atoms with Crippen molar-refractivity contribution in [1.82, 2.24) is 0 Å². The molecule has 0 aliphatic carbocycles. The van der Waals surface area contributed by atoms with Gasteiger partial charge in [0, 0.05) is 18.7 Å². The third kappa shape index (κ3) is 3.57. The lowest BCUT2D eigenvalue weighted by atomic mass is 9.89. The summed E-state index contributed by atoms with van der Waals surface area (Å²) >= 11 is 3.23. The number of nitrogens with zero attached hydrogens (tertiary/aromatic N) is 1.